The molecule has 166 valence electrons. The molecule has 33 heavy (non-hydrogen) atoms. The first-order chi connectivity index (χ1) is 16.1. The number of hydrogen-bond donors (Lipinski definition) is 1. The fourth-order valence-electron chi connectivity index (χ4n) is 4.12. The monoisotopic (exact) mass is 456 g/mol. The van der Waals surface area contributed by atoms with Gasteiger partial charge in [-0.25, -0.2) is 4.98 Å². The van der Waals surface area contributed by atoms with Crippen molar-refractivity contribution in [3.63, 3.8) is 0 Å². The number of nitriles is 1. The van der Waals surface area contributed by atoms with Crippen molar-refractivity contribution in [2.24, 2.45) is 5.92 Å². The molecule has 1 N–H and O–H groups in total. The number of halogens is 1. The van der Waals surface area contributed by atoms with Crippen LogP contribution in [-0.2, 0) is 13.0 Å². The minimum Gasteiger partial charge on any atom is -0.368 e. The van der Waals surface area contributed by atoms with Crippen LogP contribution in [0.5, 0.6) is 0 Å². The summed E-state index contributed by atoms with van der Waals surface area (Å²) < 4.78 is 2.18. The lowest BCUT2D eigenvalue weighted by molar-refractivity contribution is 0.720. The molecule has 2 aromatic carbocycles. The van der Waals surface area contributed by atoms with E-state index in [4.69, 9.17) is 16.6 Å². The number of imidazole rings is 1. The molecule has 1 fully saturated rings. The minimum absolute atomic E-state index is 0.134. The van der Waals surface area contributed by atoms with E-state index in [0.717, 1.165) is 52.8 Å². The summed E-state index contributed by atoms with van der Waals surface area (Å²) in [6.07, 6.45) is 4.53. The van der Waals surface area contributed by atoms with E-state index >= 15 is 0 Å². The fraction of sp³-hybridized carbons (Fsp3) is 0.308. The van der Waals surface area contributed by atoms with E-state index < -0.39 is 0 Å². The highest BCUT2D eigenvalue weighted by atomic mass is 35.5. The number of aromatic nitrogens is 4. The van der Waals surface area contributed by atoms with Crippen molar-refractivity contribution >= 4 is 28.6 Å². The Labute approximate surface area is 198 Å². The molecular formula is C26H25ClN6. The number of nitrogens with one attached hydrogen (secondary N) is 1. The van der Waals surface area contributed by atoms with E-state index in [9.17, 15) is 5.26 Å². The molecule has 0 saturated heterocycles. The fourth-order valence-corrected chi connectivity index (χ4v) is 4.25. The summed E-state index contributed by atoms with van der Waals surface area (Å²) in [4.78, 5) is 13.8. The molecule has 0 radical (unpaired) electrons. The first-order valence-corrected chi connectivity index (χ1v) is 11.7. The highest BCUT2D eigenvalue weighted by molar-refractivity contribution is 6.30. The Bertz CT molecular complexity index is 1330. The molecule has 0 bridgehead atoms. The van der Waals surface area contributed by atoms with Crippen LogP contribution in [0.2, 0.25) is 5.02 Å². The quantitative estimate of drug-likeness (QED) is 0.363. The minimum atomic E-state index is 0.134. The summed E-state index contributed by atoms with van der Waals surface area (Å²) in [6, 6.07) is 18.3. The van der Waals surface area contributed by atoms with Crippen LogP contribution in [-0.4, -0.2) is 26.1 Å². The molecule has 0 spiro atoms. The molecule has 2 aromatic heterocycles. The van der Waals surface area contributed by atoms with Gasteiger partial charge in [0.2, 0.25) is 5.82 Å². The third-order valence-corrected chi connectivity index (χ3v) is 6.31. The van der Waals surface area contributed by atoms with Crippen molar-refractivity contribution in [3.05, 3.63) is 70.5 Å². The first kappa shape index (κ1) is 21.4. The Balaban J connectivity index is 1.59. The van der Waals surface area contributed by atoms with E-state index in [2.05, 4.69) is 51.0 Å². The molecule has 5 rings (SSSR count). The van der Waals surface area contributed by atoms with E-state index in [1.807, 2.05) is 30.3 Å². The highest BCUT2D eigenvalue weighted by Crippen LogP contribution is 2.33. The topological polar surface area (TPSA) is 79.4 Å². The Hall–Kier alpha value is -3.43. The molecular weight excluding hydrogens is 432 g/mol. The lowest BCUT2D eigenvalue weighted by Gasteiger charge is -2.13. The maximum Gasteiger partial charge on any atom is 0.236 e. The molecule has 0 amide bonds. The van der Waals surface area contributed by atoms with Crippen molar-refractivity contribution < 1.29 is 0 Å². The number of anilines is 1. The second kappa shape index (κ2) is 9.21. The van der Waals surface area contributed by atoms with Gasteiger partial charge in [-0.1, -0.05) is 60.3 Å². The third kappa shape index (κ3) is 4.84. The van der Waals surface area contributed by atoms with Crippen molar-refractivity contribution in [2.75, 3.05) is 11.9 Å². The van der Waals surface area contributed by atoms with Crippen LogP contribution in [0.1, 0.15) is 36.2 Å². The standard InChI is InChI=1S/C26H25ClN6/c1-17-3-2-4-20(15-17)26-32-25-23(33(26)14-12-19-7-9-21(27)10-8-19)24(30-22(16-28)31-25)29-13-11-18-5-6-18/h2-4,7-10,15,18H,5-6,11-14H2,1H3,(H,29,30,31). The second-order valence-electron chi connectivity index (χ2n) is 8.67. The molecule has 0 aliphatic heterocycles. The number of rotatable bonds is 8. The lowest BCUT2D eigenvalue weighted by Crippen LogP contribution is -2.10. The van der Waals surface area contributed by atoms with Crippen molar-refractivity contribution in [1.29, 1.82) is 5.26 Å². The number of fused-ring (bicyclic) bond motifs is 1. The van der Waals surface area contributed by atoms with E-state index in [1.54, 1.807) is 0 Å². The largest absolute Gasteiger partial charge is 0.368 e. The Morgan fingerprint density at radius 3 is 2.67 bits per heavy atom. The van der Waals surface area contributed by atoms with Crippen LogP contribution < -0.4 is 5.32 Å². The summed E-state index contributed by atoms with van der Waals surface area (Å²) >= 11 is 6.07. The van der Waals surface area contributed by atoms with Gasteiger partial charge in [0.05, 0.1) is 0 Å². The molecule has 4 aromatic rings. The van der Waals surface area contributed by atoms with Gasteiger partial charge in [-0.05, 0) is 49.4 Å². The van der Waals surface area contributed by atoms with E-state index in [1.165, 1.54) is 18.4 Å². The lowest BCUT2D eigenvalue weighted by atomic mass is 10.1. The Morgan fingerprint density at radius 1 is 1.12 bits per heavy atom. The van der Waals surface area contributed by atoms with Crippen molar-refractivity contribution in [1.82, 2.24) is 19.5 Å². The molecule has 2 heterocycles. The smallest absolute Gasteiger partial charge is 0.236 e. The van der Waals surface area contributed by atoms with Gasteiger partial charge < -0.3 is 9.88 Å². The maximum absolute atomic E-state index is 9.50. The van der Waals surface area contributed by atoms with Crippen molar-refractivity contribution in [2.45, 2.75) is 39.2 Å². The van der Waals surface area contributed by atoms with Gasteiger partial charge in [0, 0.05) is 23.7 Å². The third-order valence-electron chi connectivity index (χ3n) is 6.06. The summed E-state index contributed by atoms with van der Waals surface area (Å²) in [5.41, 5.74) is 4.76. The van der Waals surface area contributed by atoms with Gasteiger partial charge in [-0.2, -0.15) is 15.2 Å². The predicted octanol–water partition coefficient (Wildman–Crippen LogP) is 5.78. The molecule has 1 saturated carbocycles. The Morgan fingerprint density at radius 2 is 1.94 bits per heavy atom. The molecule has 1 aliphatic carbocycles. The normalized spacial score (nSPS) is 13.2. The number of nitrogens with zero attached hydrogens (tertiary/aromatic N) is 5. The first-order valence-electron chi connectivity index (χ1n) is 11.3. The number of hydrogen-bond acceptors (Lipinski definition) is 5. The van der Waals surface area contributed by atoms with Gasteiger partial charge in [-0.3, -0.25) is 0 Å². The molecule has 0 unspecified atom stereocenters. The average molecular weight is 457 g/mol. The highest BCUT2D eigenvalue weighted by Gasteiger charge is 2.22. The van der Waals surface area contributed by atoms with Crippen molar-refractivity contribution in [3.8, 4) is 17.5 Å². The zero-order valence-electron chi connectivity index (χ0n) is 18.6. The summed E-state index contributed by atoms with van der Waals surface area (Å²) in [5, 5.41) is 13.7. The van der Waals surface area contributed by atoms with Gasteiger partial charge in [0.15, 0.2) is 11.5 Å². The molecule has 1 aliphatic rings. The molecule has 7 heteroatoms. The zero-order chi connectivity index (χ0) is 22.8. The summed E-state index contributed by atoms with van der Waals surface area (Å²) in [7, 11) is 0. The Kier molecular flexibility index (Phi) is 5.97. The molecule has 0 atom stereocenters. The maximum atomic E-state index is 9.50. The average Bonchev–Trinajstić information content (AvgIpc) is 3.57. The summed E-state index contributed by atoms with van der Waals surface area (Å²) in [6.45, 7) is 3.60. The van der Waals surface area contributed by atoms with Crippen LogP contribution in [0.4, 0.5) is 5.82 Å². The second-order valence-corrected chi connectivity index (χ2v) is 9.11. The zero-order valence-corrected chi connectivity index (χ0v) is 19.3. The van der Waals surface area contributed by atoms with E-state index in [-0.39, 0.29) is 5.82 Å². The van der Waals surface area contributed by atoms with E-state index in [0.29, 0.717) is 18.0 Å². The van der Waals surface area contributed by atoms with Gasteiger partial charge in [0.1, 0.15) is 17.4 Å². The predicted molar refractivity (Wildman–Crippen MR) is 131 cm³/mol. The van der Waals surface area contributed by atoms with Gasteiger partial charge in [0.25, 0.3) is 0 Å². The van der Waals surface area contributed by atoms with Gasteiger partial charge >= 0.3 is 0 Å². The SMILES string of the molecule is Cc1cccc(-c2nc3nc(C#N)nc(NCCC4CC4)c3n2CCc2ccc(Cl)cc2)c1. The number of benzene rings is 2. The number of aryl methyl sites for hydroxylation is 3. The van der Waals surface area contributed by atoms with Crippen LogP contribution >= 0.6 is 11.6 Å². The molecule has 6 nitrogen and oxygen atoms in total. The summed E-state index contributed by atoms with van der Waals surface area (Å²) in [5.74, 6) is 2.45. The van der Waals surface area contributed by atoms with Crippen LogP contribution in [0.15, 0.2) is 48.5 Å². The van der Waals surface area contributed by atoms with Crippen LogP contribution in [0.25, 0.3) is 22.6 Å². The van der Waals surface area contributed by atoms with Crippen LogP contribution in [0.3, 0.4) is 0 Å². The van der Waals surface area contributed by atoms with Crippen LogP contribution in [0, 0.1) is 24.2 Å². The van der Waals surface area contributed by atoms with Gasteiger partial charge in [-0.15, -0.1) is 0 Å².